The summed E-state index contributed by atoms with van der Waals surface area (Å²) in [5.41, 5.74) is 0.654. The summed E-state index contributed by atoms with van der Waals surface area (Å²) in [7, 11) is 0. The van der Waals surface area contributed by atoms with Gasteiger partial charge in [-0.2, -0.15) is 0 Å². The fourth-order valence-corrected chi connectivity index (χ4v) is 1.97. The summed E-state index contributed by atoms with van der Waals surface area (Å²) in [5.74, 6) is -2.69. The van der Waals surface area contributed by atoms with Crippen molar-refractivity contribution in [2.75, 3.05) is 0 Å². The van der Waals surface area contributed by atoms with Crippen LogP contribution in [0.2, 0.25) is 0 Å². The Morgan fingerprint density at radius 2 is 1.61 bits per heavy atom. The lowest BCUT2D eigenvalue weighted by molar-refractivity contribution is -0.139. The van der Waals surface area contributed by atoms with E-state index in [1.807, 2.05) is 0 Å². The number of carboxylic acids is 1. The Kier molecular flexibility index (Phi) is 4.70. The van der Waals surface area contributed by atoms with Crippen LogP contribution in [0.3, 0.4) is 0 Å². The molecule has 7 heteroatoms. The maximum atomic E-state index is 12.1. The molecule has 0 aliphatic heterocycles. The molecular formula is C16H15NO6. The second-order valence-corrected chi connectivity index (χ2v) is 4.94. The van der Waals surface area contributed by atoms with Gasteiger partial charge in [-0.3, -0.25) is 4.79 Å². The monoisotopic (exact) mass is 317 g/mol. The second-order valence-electron chi connectivity index (χ2n) is 4.94. The molecule has 2 aromatic rings. The number of amides is 1. The van der Waals surface area contributed by atoms with Crippen molar-refractivity contribution in [1.82, 2.24) is 5.32 Å². The predicted octanol–water partition coefficient (Wildman–Crippen LogP) is 1.23. The Labute approximate surface area is 131 Å². The highest BCUT2D eigenvalue weighted by Crippen LogP contribution is 2.24. The first-order chi connectivity index (χ1) is 10.9. The first kappa shape index (κ1) is 16.2. The largest absolute Gasteiger partial charge is 0.508 e. The van der Waals surface area contributed by atoms with Gasteiger partial charge in [-0.05, 0) is 35.9 Å². The van der Waals surface area contributed by atoms with Crippen LogP contribution in [-0.2, 0) is 11.2 Å². The molecule has 0 bridgehead atoms. The number of hydrogen-bond donors (Lipinski definition) is 5. The van der Waals surface area contributed by atoms with Crippen molar-refractivity contribution in [3.05, 3.63) is 53.6 Å². The minimum Gasteiger partial charge on any atom is -0.508 e. The lowest BCUT2D eigenvalue weighted by Crippen LogP contribution is -2.42. The second kappa shape index (κ2) is 6.69. The number of aliphatic carboxylic acids is 1. The van der Waals surface area contributed by atoms with E-state index in [4.69, 9.17) is 0 Å². The molecule has 0 saturated heterocycles. The quantitative estimate of drug-likeness (QED) is 0.528. The van der Waals surface area contributed by atoms with E-state index in [1.54, 1.807) is 12.1 Å². The molecule has 0 heterocycles. The van der Waals surface area contributed by atoms with E-state index in [2.05, 4.69) is 5.32 Å². The van der Waals surface area contributed by atoms with E-state index >= 15 is 0 Å². The van der Waals surface area contributed by atoms with Crippen LogP contribution in [0, 0.1) is 0 Å². The Bertz CT molecular complexity index is 726. The number of carbonyl (C=O) groups excluding carboxylic acids is 1. The number of carboxylic acid groups (broad SMARTS) is 1. The predicted molar refractivity (Wildman–Crippen MR) is 80.5 cm³/mol. The van der Waals surface area contributed by atoms with Crippen LogP contribution in [-0.4, -0.2) is 38.3 Å². The number of hydrogen-bond acceptors (Lipinski definition) is 5. The molecule has 7 nitrogen and oxygen atoms in total. The number of aromatic hydroxyl groups is 3. The molecule has 0 radical (unpaired) electrons. The highest BCUT2D eigenvalue weighted by Gasteiger charge is 2.21. The molecule has 1 unspecified atom stereocenters. The van der Waals surface area contributed by atoms with Gasteiger partial charge < -0.3 is 25.7 Å². The van der Waals surface area contributed by atoms with Crippen molar-refractivity contribution < 1.29 is 30.0 Å². The average Bonchev–Trinajstić information content (AvgIpc) is 2.51. The van der Waals surface area contributed by atoms with Gasteiger partial charge in [0.2, 0.25) is 0 Å². The molecule has 0 fully saturated rings. The molecule has 2 rings (SSSR count). The number of nitrogens with one attached hydrogen (secondary N) is 1. The molecule has 0 saturated carbocycles. The lowest BCUT2D eigenvalue weighted by Gasteiger charge is -2.15. The van der Waals surface area contributed by atoms with Crippen LogP contribution in [0.5, 0.6) is 17.2 Å². The van der Waals surface area contributed by atoms with E-state index in [9.17, 15) is 30.0 Å². The van der Waals surface area contributed by atoms with Gasteiger partial charge in [0.1, 0.15) is 11.8 Å². The van der Waals surface area contributed by atoms with E-state index in [0.29, 0.717) is 5.56 Å². The normalized spacial score (nSPS) is 11.7. The number of benzene rings is 2. The van der Waals surface area contributed by atoms with Gasteiger partial charge in [0.25, 0.3) is 5.91 Å². The van der Waals surface area contributed by atoms with Crippen molar-refractivity contribution in [3.63, 3.8) is 0 Å². The standard InChI is InChI=1S/C16H15NO6/c18-11-4-1-9(2-5-11)7-12(16(22)23)17-15(21)10-3-6-13(19)14(20)8-10/h1-6,8,12,18-20H,7H2,(H,17,21)(H,22,23). The summed E-state index contributed by atoms with van der Waals surface area (Å²) in [4.78, 5) is 23.4. The van der Waals surface area contributed by atoms with Crippen LogP contribution >= 0.6 is 0 Å². The minimum atomic E-state index is -1.21. The highest BCUT2D eigenvalue weighted by atomic mass is 16.4. The topological polar surface area (TPSA) is 127 Å². The summed E-state index contributed by atoms with van der Waals surface area (Å²) in [6.45, 7) is 0. The third-order valence-corrected chi connectivity index (χ3v) is 3.22. The molecule has 2 aromatic carbocycles. The average molecular weight is 317 g/mol. The number of phenols is 3. The van der Waals surface area contributed by atoms with Crippen molar-refractivity contribution in [2.24, 2.45) is 0 Å². The third-order valence-electron chi connectivity index (χ3n) is 3.22. The first-order valence-corrected chi connectivity index (χ1v) is 6.70. The molecule has 0 aliphatic rings. The summed E-state index contributed by atoms with van der Waals surface area (Å²) in [6.07, 6.45) is 0.0332. The maximum absolute atomic E-state index is 12.1. The zero-order chi connectivity index (χ0) is 17.0. The van der Waals surface area contributed by atoms with Crippen LogP contribution in [0.15, 0.2) is 42.5 Å². The molecule has 23 heavy (non-hydrogen) atoms. The van der Waals surface area contributed by atoms with E-state index in [0.717, 1.165) is 12.1 Å². The molecule has 0 aromatic heterocycles. The highest BCUT2D eigenvalue weighted by molar-refractivity contribution is 5.97. The Balaban J connectivity index is 2.12. The number of rotatable bonds is 5. The van der Waals surface area contributed by atoms with Crippen LogP contribution in [0.25, 0.3) is 0 Å². The SMILES string of the molecule is O=C(NC(Cc1ccc(O)cc1)C(=O)O)c1ccc(O)c(O)c1. The summed E-state index contributed by atoms with van der Waals surface area (Å²) in [5, 5.41) is 39.4. The van der Waals surface area contributed by atoms with Gasteiger partial charge in [0.15, 0.2) is 11.5 Å². The van der Waals surface area contributed by atoms with Gasteiger partial charge in [-0.1, -0.05) is 12.1 Å². The van der Waals surface area contributed by atoms with E-state index in [-0.39, 0.29) is 23.5 Å². The molecule has 1 amide bonds. The Morgan fingerprint density at radius 3 is 2.17 bits per heavy atom. The van der Waals surface area contributed by atoms with Crippen molar-refractivity contribution in [2.45, 2.75) is 12.5 Å². The van der Waals surface area contributed by atoms with Gasteiger partial charge in [0, 0.05) is 12.0 Å². The Hall–Kier alpha value is -3.22. The van der Waals surface area contributed by atoms with Crippen LogP contribution in [0.1, 0.15) is 15.9 Å². The summed E-state index contributed by atoms with van der Waals surface area (Å²) in [6, 6.07) is 8.24. The molecule has 0 aliphatic carbocycles. The molecule has 120 valence electrons. The van der Waals surface area contributed by atoms with Gasteiger partial charge in [-0.25, -0.2) is 4.79 Å². The fourth-order valence-electron chi connectivity index (χ4n) is 1.97. The van der Waals surface area contributed by atoms with Gasteiger partial charge in [-0.15, -0.1) is 0 Å². The number of carbonyl (C=O) groups is 2. The smallest absolute Gasteiger partial charge is 0.326 e. The van der Waals surface area contributed by atoms with Crippen LogP contribution < -0.4 is 5.32 Å². The number of phenolic OH excluding ortho intramolecular Hbond substituents is 3. The zero-order valence-electron chi connectivity index (χ0n) is 11.9. The van der Waals surface area contributed by atoms with Crippen molar-refractivity contribution in [3.8, 4) is 17.2 Å². The molecule has 0 spiro atoms. The van der Waals surface area contributed by atoms with E-state index < -0.39 is 23.7 Å². The van der Waals surface area contributed by atoms with Crippen molar-refractivity contribution >= 4 is 11.9 Å². The third kappa shape index (κ3) is 4.13. The maximum Gasteiger partial charge on any atom is 0.326 e. The molecular weight excluding hydrogens is 302 g/mol. The molecule has 5 N–H and O–H groups in total. The van der Waals surface area contributed by atoms with Gasteiger partial charge in [0.05, 0.1) is 0 Å². The van der Waals surface area contributed by atoms with Crippen molar-refractivity contribution in [1.29, 1.82) is 0 Å². The summed E-state index contributed by atoms with van der Waals surface area (Å²) < 4.78 is 0. The fraction of sp³-hybridized carbons (Fsp3) is 0.125. The lowest BCUT2D eigenvalue weighted by atomic mass is 10.1. The van der Waals surface area contributed by atoms with Gasteiger partial charge >= 0.3 is 5.97 Å². The van der Waals surface area contributed by atoms with Crippen LogP contribution in [0.4, 0.5) is 0 Å². The summed E-state index contributed by atoms with van der Waals surface area (Å²) >= 11 is 0. The Morgan fingerprint density at radius 1 is 0.957 bits per heavy atom. The minimum absolute atomic E-state index is 0.0252. The molecule has 1 atom stereocenters. The van der Waals surface area contributed by atoms with E-state index in [1.165, 1.54) is 18.2 Å². The zero-order valence-corrected chi connectivity index (χ0v) is 11.9. The first-order valence-electron chi connectivity index (χ1n) is 6.70.